The molecule has 6 heteroatoms. The third-order valence-corrected chi connectivity index (χ3v) is 2.32. The zero-order chi connectivity index (χ0) is 12.1. The summed E-state index contributed by atoms with van der Waals surface area (Å²) >= 11 is 5.35. The van der Waals surface area contributed by atoms with Crippen LogP contribution in [0.25, 0.3) is 0 Å². The maximum Gasteiger partial charge on any atom is 0.311 e. The molecule has 0 amide bonds. The molecule has 0 bridgehead atoms. The lowest BCUT2D eigenvalue weighted by Gasteiger charge is -2.10. The minimum Gasteiger partial charge on any atom is -0.481 e. The van der Waals surface area contributed by atoms with E-state index in [1.807, 2.05) is 0 Å². The first-order chi connectivity index (χ1) is 7.54. The smallest absolute Gasteiger partial charge is 0.311 e. The van der Waals surface area contributed by atoms with Crippen LogP contribution in [-0.2, 0) is 9.59 Å². The van der Waals surface area contributed by atoms with E-state index in [9.17, 15) is 9.59 Å². The van der Waals surface area contributed by atoms with Gasteiger partial charge in [0.05, 0.1) is 12.3 Å². The summed E-state index contributed by atoms with van der Waals surface area (Å²) in [5.41, 5.74) is 1.05. The molecule has 0 spiro atoms. The highest BCUT2D eigenvalue weighted by atomic mass is 35.5. The van der Waals surface area contributed by atoms with Crippen LogP contribution in [0.3, 0.4) is 0 Å². The fourth-order valence-electron chi connectivity index (χ4n) is 1.30. The average molecular weight is 244 g/mol. The number of halogens is 1. The Balaban J connectivity index is 2.92. The molecule has 1 rings (SSSR count). The van der Waals surface area contributed by atoms with Crippen LogP contribution in [0.5, 0.6) is 0 Å². The van der Waals surface area contributed by atoms with Crippen molar-refractivity contribution in [2.75, 3.05) is 4.84 Å². The molecule has 0 aliphatic rings. The Bertz CT molecular complexity index is 390. The van der Waals surface area contributed by atoms with Crippen molar-refractivity contribution in [1.29, 1.82) is 0 Å². The molecule has 1 unspecified atom stereocenters. The van der Waals surface area contributed by atoms with Gasteiger partial charge in [0.2, 0.25) is 0 Å². The Labute approximate surface area is 96.8 Å². The second-order valence-corrected chi connectivity index (χ2v) is 3.39. The topological polar surface area (TPSA) is 86.6 Å². The van der Waals surface area contributed by atoms with Crippen LogP contribution in [0.1, 0.15) is 17.9 Å². The van der Waals surface area contributed by atoms with Crippen LogP contribution in [0, 0.1) is 0 Å². The minimum absolute atomic E-state index is 0.436. The summed E-state index contributed by atoms with van der Waals surface area (Å²) < 4.78 is 0. The number of hydrogen-bond acceptors (Lipinski definition) is 3. The van der Waals surface area contributed by atoms with Crippen molar-refractivity contribution in [3.63, 3.8) is 0 Å². The lowest BCUT2D eigenvalue weighted by molar-refractivity contribution is -0.145. The van der Waals surface area contributed by atoms with Crippen molar-refractivity contribution in [3.05, 3.63) is 29.8 Å². The maximum absolute atomic E-state index is 10.9. The standard InChI is InChI=1S/C10H10ClNO4/c11-12-7-3-1-6(2-4-7)8(10(15)16)5-9(13)14/h1-4,8,12H,5H2,(H,13,14)(H,15,16). The number of rotatable bonds is 5. The highest BCUT2D eigenvalue weighted by Crippen LogP contribution is 2.22. The van der Waals surface area contributed by atoms with Gasteiger partial charge < -0.3 is 10.2 Å². The number of hydrogen-bond donors (Lipinski definition) is 3. The van der Waals surface area contributed by atoms with E-state index in [1.54, 1.807) is 12.1 Å². The second kappa shape index (κ2) is 5.37. The van der Waals surface area contributed by atoms with Crippen LogP contribution in [0.2, 0.25) is 0 Å². The van der Waals surface area contributed by atoms with Crippen LogP contribution in [0.15, 0.2) is 24.3 Å². The number of nitrogens with one attached hydrogen (secondary N) is 1. The van der Waals surface area contributed by atoms with Crippen molar-refractivity contribution in [2.45, 2.75) is 12.3 Å². The van der Waals surface area contributed by atoms with E-state index < -0.39 is 24.3 Å². The van der Waals surface area contributed by atoms with E-state index in [1.165, 1.54) is 12.1 Å². The van der Waals surface area contributed by atoms with E-state index in [2.05, 4.69) is 4.84 Å². The molecule has 0 aliphatic heterocycles. The van der Waals surface area contributed by atoms with Crippen LogP contribution < -0.4 is 4.84 Å². The van der Waals surface area contributed by atoms with Gasteiger partial charge in [-0.1, -0.05) is 12.1 Å². The van der Waals surface area contributed by atoms with Crippen LogP contribution in [0.4, 0.5) is 5.69 Å². The van der Waals surface area contributed by atoms with E-state index in [0.717, 1.165) is 0 Å². The number of carboxylic acids is 2. The number of carbonyl (C=O) groups is 2. The molecule has 0 fully saturated rings. The van der Waals surface area contributed by atoms with Gasteiger partial charge in [-0.15, -0.1) is 0 Å². The molecule has 16 heavy (non-hydrogen) atoms. The van der Waals surface area contributed by atoms with E-state index >= 15 is 0 Å². The fraction of sp³-hybridized carbons (Fsp3) is 0.200. The molecule has 0 heterocycles. The predicted molar refractivity (Wildman–Crippen MR) is 58.5 cm³/mol. The Hall–Kier alpha value is -1.75. The van der Waals surface area contributed by atoms with Gasteiger partial charge in [-0.05, 0) is 17.7 Å². The Morgan fingerprint density at radius 1 is 1.25 bits per heavy atom. The van der Waals surface area contributed by atoms with Crippen molar-refractivity contribution >= 4 is 29.4 Å². The normalized spacial score (nSPS) is 11.8. The summed E-state index contributed by atoms with van der Waals surface area (Å²) in [5, 5.41) is 17.5. The summed E-state index contributed by atoms with van der Waals surface area (Å²) in [6.45, 7) is 0. The summed E-state index contributed by atoms with van der Waals surface area (Å²) in [4.78, 5) is 23.8. The van der Waals surface area contributed by atoms with Crippen molar-refractivity contribution < 1.29 is 19.8 Å². The zero-order valence-electron chi connectivity index (χ0n) is 8.18. The molecule has 1 aromatic rings. The van der Waals surface area contributed by atoms with Gasteiger partial charge in [0.25, 0.3) is 0 Å². The molecule has 0 aliphatic carbocycles. The van der Waals surface area contributed by atoms with Crippen molar-refractivity contribution in [2.24, 2.45) is 0 Å². The van der Waals surface area contributed by atoms with Crippen molar-refractivity contribution in [3.8, 4) is 0 Å². The van der Waals surface area contributed by atoms with Gasteiger partial charge >= 0.3 is 11.9 Å². The lowest BCUT2D eigenvalue weighted by Crippen LogP contribution is -2.15. The van der Waals surface area contributed by atoms with E-state index in [4.69, 9.17) is 22.0 Å². The van der Waals surface area contributed by atoms with E-state index in [0.29, 0.717) is 11.3 Å². The van der Waals surface area contributed by atoms with Gasteiger partial charge in [-0.3, -0.25) is 14.4 Å². The third kappa shape index (κ3) is 3.13. The lowest BCUT2D eigenvalue weighted by atomic mass is 9.96. The highest BCUT2D eigenvalue weighted by Gasteiger charge is 2.22. The Morgan fingerprint density at radius 2 is 1.81 bits per heavy atom. The highest BCUT2D eigenvalue weighted by molar-refractivity contribution is 6.23. The molecule has 1 atom stereocenters. The van der Waals surface area contributed by atoms with Gasteiger partial charge in [0.15, 0.2) is 0 Å². The van der Waals surface area contributed by atoms with Gasteiger partial charge in [-0.25, -0.2) is 0 Å². The Kier molecular flexibility index (Phi) is 4.13. The van der Waals surface area contributed by atoms with Gasteiger partial charge in [0, 0.05) is 17.5 Å². The van der Waals surface area contributed by atoms with Crippen LogP contribution in [-0.4, -0.2) is 22.2 Å². The van der Waals surface area contributed by atoms with E-state index in [-0.39, 0.29) is 0 Å². The monoisotopic (exact) mass is 243 g/mol. The SMILES string of the molecule is O=C(O)CC(C(=O)O)c1ccc(NCl)cc1. The number of benzene rings is 1. The first-order valence-corrected chi connectivity index (χ1v) is 4.83. The molecule has 5 nitrogen and oxygen atoms in total. The summed E-state index contributed by atoms with van der Waals surface area (Å²) in [6, 6.07) is 6.24. The first kappa shape index (κ1) is 12.3. The van der Waals surface area contributed by atoms with Crippen LogP contribution >= 0.6 is 11.8 Å². The molecule has 3 N–H and O–H groups in total. The zero-order valence-corrected chi connectivity index (χ0v) is 8.94. The van der Waals surface area contributed by atoms with Gasteiger partial charge in [-0.2, -0.15) is 0 Å². The summed E-state index contributed by atoms with van der Waals surface area (Å²) in [6.07, 6.45) is -0.441. The number of anilines is 1. The number of aliphatic carboxylic acids is 2. The second-order valence-electron chi connectivity index (χ2n) is 3.21. The van der Waals surface area contributed by atoms with Gasteiger partial charge in [0.1, 0.15) is 0 Å². The molecular weight excluding hydrogens is 234 g/mol. The third-order valence-electron chi connectivity index (χ3n) is 2.10. The fourth-order valence-corrected chi connectivity index (χ4v) is 1.43. The number of carboxylic acid groups (broad SMARTS) is 2. The first-order valence-electron chi connectivity index (χ1n) is 4.45. The average Bonchev–Trinajstić information content (AvgIpc) is 2.25. The predicted octanol–water partition coefficient (Wildman–Crippen LogP) is 1.90. The molecule has 0 aromatic heterocycles. The molecule has 1 aromatic carbocycles. The molecule has 0 saturated heterocycles. The van der Waals surface area contributed by atoms with Crippen molar-refractivity contribution in [1.82, 2.24) is 0 Å². The largest absolute Gasteiger partial charge is 0.481 e. The maximum atomic E-state index is 10.9. The quantitative estimate of drug-likeness (QED) is 0.688. The molecule has 0 radical (unpaired) electrons. The molecular formula is C10H10ClNO4. The summed E-state index contributed by atoms with van der Waals surface area (Å²) in [5.74, 6) is -3.34. The minimum atomic E-state index is -1.16. The molecule has 0 saturated carbocycles. The molecule has 86 valence electrons. The Morgan fingerprint density at radius 3 is 2.19 bits per heavy atom. The summed E-state index contributed by atoms with van der Waals surface area (Å²) in [7, 11) is 0.